The number of hydrogen-bond donors (Lipinski definition) is 1. The summed E-state index contributed by atoms with van der Waals surface area (Å²) in [5, 5.41) is 12.7. The molecule has 1 N–H and O–H groups in total. The molecule has 0 fully saturated rings. The fourth-order valence-corrected chi connectivity index (χ4v) is 1.24. The van der Waals surface area contributed by atoms with Gasteiger partial charge in [0, 0.05) is 12.4 Å². The second-order valence-corrected chi connectivity index (χ2v) is 3.55. The third kappa shape index (κ3) is 1.86. The summed E-state index contributed by atoms with van der Waals surface area (Å²) in [5.41, 5.74) is 0.0253. The van der Waals surface area contributed by atoms with Crippen LogP contribution < -0.4 is 0 Å². The lowest BCUT2D eigenvalue weighted by molar-refractivity contribution is 0.0686. The zero-order valence-electron chi connectivity index (χ0n) is 7.33. The average molecular weight is 269 g/mol. The number of aromatic carboxylic acids is 1. The zero-order chi connectivity index (χ0) is 10.8. The second kappa shape index (κ2) is 3.77. The molecule has 0 aliphatic carbocycles. The Morgan fingerprint density at radius 2 is 2.07 bits per heavy atom. The minimum atomic E-state index is -1.07. The number of hydrogen-bond acceptors (Lipinski definition) is 4. The molecule has 0 spiro atoms. The molecule has 2 rings (SSSR count). The van der Waals surface area contributed by atoms with Crippen LogP contribution in [0.3, 0.4) is 0 Å². The van der Waals surface area contributed by atoms with Gasteiger partial charge in [-0.25, -0.2) is 14.8 Å². The molecule has 0 atom stereocenters. The van der Waals surface area contributed by atoms with Crippen molar-refractivity contribution in [3.05, 3.63) is 34.8 Å². The molecule has 76 valence electrons. The van der Waals surface area contributed by atoms with E-state index in [1.165, 1.54) is 24.7 Å². The Kier molecular flexibility index (Phi) is 2.46. The third-order valence-electron chi connectivity index (χ3n) is 1.66. The van der Waals surface area contributed by atoms with Gasteiger partial charge in [0.1, 0.15) is 0 Å². The van der Waals surface area contributed by atoms with E-state index in [-0.39, 0.29) is 11.6 Å². The van der Waals surface area contributed by atoms with Crippen LogP contribution in [-0.4, -0.2) is 30.8 Å². The summed E-state index contributed by atoms with van der Waals surface area (Å²) in [4.78, 5) is 18.7. The van der Waals surface area contributed by atoms with Crippen molar-refractivity contribution in [2.75, 3.05) is 0 Å². The lowest BCUT2D eigenvalue weighted by atomic mass is 10.4. The van der Waals surface area contributed by atoms with Crippen molar-refractivity contribution in [3.8, 4) is 5.95 Å². The molecule has 2 heterocycles. The highest BCUT2D eigenvalue weighted by atomic mass is 79.9. The predicted octanol–water partition coefficient (Wildman–Crippen LogP) is 1.12. The SMILES string of the molecule is O=C(O)c1ccnn1-c1ncc(Br)cn1. The van der Waals surface area contributed by atoms with Crippen molar-refractivity contribution in [2.24, 2.45) is 0 Å². The molecule has 0 amide bonds. The summed E-state index contributed by atoms with van der Waals surface area (Å²) in [5.74, 6) is -0.848. The van der Waals surface area contributed by atoms with Gasteiger partial charge in [-0.15, -0.1) is 0 Å². The molecule has 0 aliphatic heterocycles. The van der Waals surface area contributed by atoms with Crippen LogP contribution in [0.15, 0.2) is 29.1 Å². The first kappa shape index (κ1) is 9.78. The van der Waals surface area contributed by atoms with E-state index < -0.39 is 5.97 Å². The van der Waals surface area contributed by atoms with Crippen LogP contribution in [0.5, 0.6) is 0 Å². The molecule has 0 bridgehead atoms. The van der Waals surface area contributed by atoms with E-state index in [0.717, 1.165) is 9.15 Å². The van der Waals surface area contributed by atoms with E-state index in [1.807, 2.05) is 0 Å². The monoisotopic (exact) mass is 268 g/mol. The normalized spacial score (nSPS) is 10.2. The Balaban J connectivity index is 2.49. The van der Waals surface area contributed by atoms with Gasteiger partial charge in [0.2, 0.25) is 0 Å². The Morgan fingerprint density at radius 1 is 1.40 bits per heavy atom. The van der Waals surface area contributed by atoms with Crippen molar-refractivity contribution in [1.82, 2.24) is 19.7 Å². The minimum absolute atomic E-state index is 0.0253. The van der Waals surface area contributed by atoms with Crippen LogP contribution in [0.25, 0.3) is 5.95 Å². The predicted molar refractivity (Wildman–Crippen MR) is 53.8 cm³/mol. The molecule has 0 radical (unpaired) electrons. The highest BCUT2D eigenvalue weighted by molar-refractivity contribution is 9.10. The van der Waals surface area contributed by atoms with Gasteiger partial charge in [0.25, 0.3) is 5.95 Å². The van der Waals surface area contributed by atoms with Gasteiger partial charge >= 0.3 is 5.97 Å². The van der Waals surface area contributed by atoms with Crippen molar-refractivity contribution in [1.29, 1.82) is 0 Å². The van der Waals surface area contributed by atoms with Crippen LogP contribution in [0.2, 0.25) is 0 Å². The molecule has 6 nitrogen and oxygen atoms in total. The molecule has 0 aromatic carbocycles. The van der Waals surface area contributed by atoms with Crippen molar-refractivity contribution in [2.45, 2.75) is 0 Å². The highest BCUT2D eigenvalue weighted by Gasteiger charge is 2.12. The quantitative estimate of drug-likeness (QED) is 0.883. The maximum absolute atomic E-state index is 10.8. The Bertz CT molecular complexity index is 494. The lowest BCUT2D eigenvalue weighted by Gasteiger charge is -2.01. The fourth-order valence-electron chi connectivity index (χ4n) is 1.04. The van der Waals surface area contributed by atoms with Gasteiger partial charge in [-0.05, 0) is 22.0 Å². The lowest BCUT2D eigenvalue weighted by Crippen LogP contribution is -2.10. The van der Waals surface area contributed by atoms with E-state index in [2.05, 4.69) is 31.0 Å². The van der Waals surface area contributed by atoms with Crippen LogP contribution in [0, 0.1) is 0 Å². The van der Waals surface area contributed by atoms with Gasteiger partial charge < -0.3 is 5.11 Å². The fraction of sp³-hybridized carbons (Fsp3) is 0. The van der Waals surface area contributed by atoms with E-state index in [4.69, 9.17) is 5.11 Å². The third-order valence-corrected chi connectivity index (χ3v) is 2.07. The number of carbonyl (C=O) groups is 1. The van der Waals surface area contributed by atoms with E-state index >= 15 is 0 Å². The molecule has 0 aliphatic rings. The first-order valence-electron chi connectivity index (χ1n) is 3.94. The summed E-state index contributed by atoms with van der Waals surface area (Å²) in [6.07, 6.45) is 4.43. The summed E-state index contributed by atoms with van der Waals surface area (Å²) < 4.78 is 1.88. The molecule has 0 unspecified atom stereocenters. The van der Waals surface area contributed by atoms with Gasteiger partial charge in [-0.1, -0.05) is 0 Å². The number of rotatable bonds is 2. The smallest absolute Gasteiger partial charge is 0.354 e. The van der Waals surface area contributed by atoms with Gasteiger partial charge in [0.05, 0.1) is 10.7 Å². The molecular weight excluding hydrogens is 264 g/mol. The summed E-state index contributed by atoms with van der Waals surface area (Å²) in [7, 11) is 0. The number of aromatic nitrogens is 4. The average Bonchev–Trinajstić information content (AvgIpc) is 2.67. The zero-order valence-corrected chi connectivity index (χ0v) is 8.92. The van der Waals surface area contributed by atoms with Crippen LogP contribution >= 0.6 is 15.9 Å². The van der Waals surface area contributed by atoms with E-state index in [1.54, 1.807) is 0 Å². The number of carboxylic acids is 1. The van der Waals surface area contributed by atoms with Gasteiger partial charge in [-0.3, -0.25) is 0 Å². The maximum atomic E-state index is 10.8. The van der Waals surface area contributed by atoms with Crippen LogP contribution in [-0.2, 0) is 0 Å². The molecule has 7 heteroatoms. The first-order valence-corrected chi connectivity index (χ1v) is 4.73. The molecule has 15 heavy (non-hydrogen) atoms. The van der Waals surface area contributed by atoms with E-state index in [0.29, 0.717) is 0 Å². The largest absolute Gasteiger partial charge is 0.477 e. The van der Waals surface area contributed by atoms with E-state index in [9.17, 15) is 4.79 Å². The summed E-state index contributed by atoms with van der Waals surface area (Å²) in [6, 6.07) is 1.38. The molecule has 2 aromatic heterocycles. The molecule has 0 saturated carbocycles. The molecule has 0 saturated heterocycles. The second-order valence-electron chi connectivity index (χ2n) is 2.63. The number of halogens is 1. The van der Waals surface area contributed by atoms with Crippen molar-refractivity contribution >= 4 is 21.9 Å². The van der Waals surface area contributed by atoms with Crippen molar-refractivity contribution < 1.29 is 9.90 Å². The summed E-state index contributed by atoms with van der Waals surface area (Å²) >= 11 is 3.19. The van der Waals surface area contributed by atoms with Crippen molar-refractivity contribution in [3.63, 3.8) is 0 Å². The minimum Gasteiger partial charge on any atom is -0.477 e. The number of nitrogens with zero attached hydrogens (tertiary/aromatic N) is 4. The maximum Gasteiger partial charge on any atom is 0.354 e. The summed E-state index contributed by atoms with van der Waals surface area (Å²) in [6.45, 7) is 0. The van der Waals surface area contributed by atoms with Crippen LogP contribution in [0.1, 0.15) is 10.5 Å². The molecular formula is C8H5BrN4O2. The van der Waals surface area contributed by atoms with Gasteiger partial charge in [-0.2, -0.15) is 9.78 Å². The highest BCUT2D eigenvalue weighted by Crippen LogP contribution is 2.08. The number of carboxylic acid groups (broad SMARTS) is 1. The first-order chi connectivity index (χ1) is 7.18. The van der Waals surface area contributed by atoms with Crippen LogP contribution in [0.4, 0.5) is 0 Å². The topological polar surface area (TPSA) is 80.9 Å². The Morgan fingerprint density at radius 3 is 2.67 bits per heavy atom. The Labute approximate surface area is 92.7 Å². The molecule has 2 aromatic rings. The Hall–Kier alpha value is -1.76. The van der Waals surface area contributed by atoms with Gasteiger partial charge in [0.15, 0.2) is 5.69 Å². The standard InChI is InChI=1S/C8H5BrN4O2/c9-5-3-10-8(11-4-5)13-6(7(14)15)1-2-12-13/h1-4H,(H,14,15).